The Morgan fingerprint density at radius 1 is 1.18 bits per heavy atom. The van der Waals surface area contributed by atoms with Crippen molar-refractivity contribution in [2.75, 3.05) is 19.8 Å². The van der Waals surface area contributed by atoms with Gasteiger partial charge in [-0.1, -0.05) is 27.2 Å². The lowest BCUT2D eigenvalue weighted by molar-refractivity contribution is 0.270. The molecule has 0 aliphatic rings. The molecule has 1 aromatic rings. The van der Waals surface area contributed by atoms with Gasteiger partial charge in [-0.25, -0.2) is 0 Å². The van der Waals surface area contributed by atoms with Crippen LogP contribution in [0.25, 0.3) is 0 Å². The molecule has 0 aliphatic carbocycles. The highest BCUT2D eigenvalue weighted by atomic mass is 127. The normalized spacial score (nSPS) is 10.5. The van der Waals surface area contributed by atoms with Gasteiger partial charge in [0, 0.05) is 6.54 Å². The molecule has 0 bridgehead atoms. The van der Waals surface area contributed by atoms with Crippen LogP contribution in [0.1, 0.15) is 46.1 Å². The third kappa shape index (κ3) is 7.88. The van der Waals surface area contributed by atoms with Crippen LogP contribution < -0.4 is 14.8 Å². The van der Waals surface area contributed by atoms with Gasteiger partial charge >= 0.3 is 0 Å². The van der Waals surface area contributed by atoms with E-state index in [4.69, 9.17) is 9.47 Å². The molecule has 0 aliphatic heterocycles. The van der Waals surface area contributed by atoms with E-state index in [9.17, 15) is 0 Å². The molecule has 1 rings (SSSR count). The SMILES string of the molecule is CCCCOc1c(I)cc(CNCC(C)C)cc1OCC.Cl. The van der Waals surface area contributed by atoms with Gasteiger partial charge < -0.3 is 14.8 Å². The van der Waals surface area contributed by atoms with Crippen molar-refractivity contribution in [3.05, 3.63) is 21.3 Å². The molecule has 0 amide bonds. The van der Waals surface area contributed by atoms with Crippen molar-refractivity contribution >= 4 is 35.0 Å². The zero-order valence-electron chi connectivity index (χ0n) is 14.1. The van der Waals surface area contributed by atoms with Crippen molar-refractivity contribution in [3.63, 3.8) is 0 Å². The number of ether oxygens (including phenoxy) is 2. The molecule has 0 radical (unpaired) electrons. The van der Waals surface area contributed by atoms with E-state index in [-0.39, 0.29) is 12.4 Å². The maximum atomic E-state index is 5.91. The Kier molecular flexibility index (Phi) is 12.1. The van der Waals surface area contributed by atoms with Gasteiger partial charge in [-0.05, 0) is 66.1 Å². The fourth-order valence-corrected chi connectivity index (χ4v) is 2.77. The Hall–Kier alpha value is -0.200. The van der Waals surface area contributed by atoms with Gasteiger partial charge in [-0.15, -0.1) is 12.4 Å². The summed E-state index contributed by atoms with van der Waals surface area (Å²) in [7, 11) is 0. The lowest BCUT2D eigenvalue weighted by Gasteiger charge is -2.16. The van der Waals surface area contributed by atoms with E-state index in [0.29, 0.717) is 12.5 Å². The second kappa shape index (κ2) is 12.3. The minimum Gasteiger partial charge on any atom is -0.490 e. The highest BCUT2D eigenvalue weighted by Gasteiger charge is 2.12. The van der Waals surface area contributed by atoms with Crippen molar-refractivity contribution in [3.8, 4) is 11.5 Å². The highest BCUT2D eigenvalue weighted by molar-refractivity contribution is 14.1. The number of hydrogen-bond donors (Lipinski definition) is 1. The Morgan fingerprint density at radius 2 is 1.91 bits per heavy atom. The van der Waals surface area contributed by atoms with Crippen LogP contribution in [0, 0.1) is 9.49 Å². The minimum absolute atomic E-state index is 0. The largest absolute Gasteiger partial charge is 0.490 e. The summed E-state index contributed by atoms with van der Waals surface area (Å²) in [6.07, 6.45) is 2.21. The van der Waals surface area contributed by atoms with Gasteiger partial charge in [0.1, 0.15) is 0 Å². The molecule has 0 fully saturated rings. The molecule has 0 heterocycles. The number of unbranched alkanes of at least 4 members (excludes halogenated alkanes) is 1. The quantitative estimate of drug-likeness (QED) is 0.408. The fourth-order valence-electron chi connectivity index (χ4n) is 1.95. The summed E-state index contributed by atoms with van der Waals surface area (Å²) >= 11 is 2.34. The number of hydrogen-bond acceptors (Lipinski definition) is 3. The number of halogens is 2. The van der Waals surface area contributed by atoms with Crippen molar-refractivity contribution in [1.82, 2.24) is 5.32 Å². The fraction of sp³-hybridized carbons (Fsp3) is 0.647. The Labute approximate surface area is 155 Å². The van der Waals surface area contributed by atoms with Crippen LogP contribution in [-0.4, -0.2) is 19.8 Å². The van der Waals surface area contributed by atoms with Gasteiger partial charge in [0.05, 0.1) is 16.8 Å². The molecule has 22 heavy (non-hydrogen) atoms. The number of rotatable bonds is 10. The summed E-state index contributed by atoms with van der Waals surface area (Å²) in [6.45, 7) is 11.9. The molecular weight excluding hydrogens is 413 g/mol. The second-order valence-electron chi connectivity index (χ2n) is 5.56. The first kappa shape index (κ1) is 21.8. The summed E-state index contributed by atoms with van der Waals surface area (Å²) in [5.41, 5.74) is 1.24. The molecule has 5 heteroatoms. The first-order valence-electron chi connectivity index (χ1n) is 7.87. The molecular formula is C17H29ClINO2. The standard InChI is InChI=1S/C17H28INO2.ClH/c1-5-7-8-21-17-15(18)9-14(10-16(17)20-6-2)12-19-11-13(3)4;/h9-10,13,19H,5-8,11-12H2,1-4H3;1H. The molecule has 0 unspecified atom stereocenters. The van der Waals surface area contributed by atoms with E-state index in [1.165, 1.54) is 5.56 Å². The maximum absolute atomic E-state index is 5.91. The molecule has 3 nitrogen and oxygen atoms in total. The summed E-state index contributed by atoms with van der Waals surface area (Å²) in [5, 5.41) is 3.47. The van der Waals surface area contributed by atoms with Crippen LogP contribution in [0.15, 0.2) is 12.1 Å². The Morgan fingerprint density at radius 3 is 2.50 bits per heavy atom. The van der Waals surface area contributed by atoms with E-state index in [1.54, 1.807) is 0 Å². The Bertz CT molecular complexity index is 427. The highest BCUT2D eigenvalue weighted by Crippen LogP contribution is 2.34. The first-order chi connectivity index (χ1) is 10.1. The Balaban J connectivity index is 0.00000441. The summed E-state index contributed by atoms with van der Waals surface area (Å²) in [5.74, 6) is 2.41. The van der Waals surface area contributed by atoms with Gasteiger partial charge in [0.15, 0.2) is 11.5 Å². The van der Waals surface area contributed by atoms with Crippen LogP contribution >= 0.6 is 35.0 Å². The lowest BCUT2D eigenvalue weighted by atomic mass is 10.1. The molecule has 0 saturated carbocycles. The van der Waals surface area contributed by atoms with Gasteiger partial charge in [0.25, 0.3) is 0 Å². The average Bonchev–Trinajstić information content (AvgIpc) is 2.42. The summed E-state index contributed by atoms with van der Waals surface area (Å²) in [6, 6.07) is 4.28. The third-order valence-electron chi connectivity index (χ3n) is 3.00. The first-order valence-corrected chi connectivity index (χ1v) is 8.95. The van der Waals surface area contributed by atoms with E-state index in [2.05, 4.69) is 60.8 Å². The number of benzene rings is 1. The topological polar surface area (TPSA) is 30.5 Å². The molecule has 0 aromatic heterocycles. The molecule has 0 saturated heterocycles. The molecule has 128 valence electrons. The van der Waals surface area contributed by atoms with E-state index < -0.39 is 0 Å². The second-order valence-corrected chi connectivity index (χ2v) is 6.73. The zero-order chi connectivity index (χ0) is 15.7. The van der Waals surface area contributed by atoms with Crippen LogP contribution in [0.5, 0.6) is 11.5 Å². The minimum atomic E-state index is 0. The van der Waals surface area contributed by atoms with E-state index in [1.807, 2.05) is 6.92 Å². The predicted molar refractivity (Wildman–Crippen MR) is 105 cm³/mol. The van der Waals surface area contributed by atoms with Crippen molar-refractivity contribution < 1.29 is 9.47 Å². The van der Waals surface area contributed by atoms with Crippen LogP contribution in [0.3, 0.4) is 0 Å². The van der Waals surface area contributed by atoms with Crippen molar-refractivity contribution in [2.24, 2.45) is 5.92 Å². The van der Waals surface area contributed by atoms with Gasteiger partial charge in [0.2, 0.25) is 0 Å². The van der Waals surface area contributed by atoms with Gasteiger partial charge in [-0.3, -0.25) is 0 Å². The molecule has 0 spiro atoms. The van der Waals surface area contributed by atoms with Crippen LogP contribution in [0.4, 0.5) is 0 Å². The average molecular weight is 442 g/mol. The number of nitrogens with one attached hydrogen (secondary N) is 1. The molecule has 0 atom stereocenters. The predicted octanol–water partition coefficient (Wildman–Crippen LogP) is 5.04. The van der Waals surface area contributed by atoms with Crippen LogP contribution in [-0.2, 0) is 6.54 Å². The molecule has 1 aromatic carbocycles. The van der Waals surface area contributed by atoms with E-state index in [0.717, 1.165) is 47.6 Å². The van der Waals surface area contributed by atoms with Crippen LogP contribution in [0.2, 0.25) is 0 Å². The summed E-state index contributed by atoms with van der Waals surface area (Å²) in [4.78, 5) is 0. The smallest absolute Gasteiger partial charge is 0.174 e. The summed E-state index contributed by atoms with van der Waals surface area (Å²) < 4.78 is 12.8. The van der Waals surface area contributed by atoms with E-state index >= 15 is 0 Å². The maximum Gasteiger partial charge on any atom is 0.174 e. The van der Waals surface area contributed by atoms with Gasteiger partial charge in [-0.2, -0.15) is 0 Å². The zero-order valence-corrected chi connectivity index (χ0v) is 17.1. The van der Waals surface area contributed by atoms with Crippen molar-refractivity contribution in [1.29, 1.82) is 0 Å². The lowest BCUT2D eigenvalue weighted by Crippen LogP contribution is -2.19. The monoisotopic (exact) mass is 441 g/mol. The third-order valence-corrected chi connectivity index (χ3v) is 3.80. The molecule has 1 N–H and O–H groups in total. The van der Waals surface area contributed by atoms with Crippen molar-refractivity contribution in [2.45, 2.75) is 47.1 Å².